The van der Waals surface area contributed by atoms with Crippen LogP contribution < -0.4 is 5.32 Å². The standard InChI is InChI=1S/C12H9N3/c13-7-8-3-4-11-10(6-8)9-2-1-5-14-12(9)15-11/h1-4,6,14-15H,5H2. The van der Waals surface area contributed by atoms with Crippen LogP contribution in [0.15, 0.2) is 24.3 Å². The molecule has 72 valence electrons. The third-order valence-electron chi connectivity index (χ3n) is 2.65. The molecule has 0 saturated carbocycles. The van der Waals surface area contributed by atoms with E-state index in [1.807, 2.05) is 18.2 Å². The van der Waals surface area contributed by atoms with Gasteiger partial charge in [-0.15, -0.1) is 0 Å². The molecule has 15 heavy (non-hydrogen) atoms. The molecule has 3 nitrogen and oxygen atoms in total. The Balaban J connectivity index is 2.36. The first-order chi connectivity index (χ1) is 7.38. The van der Waals surface area contributed by atoms with Gasteiger partial charge in [0.25, 0.3) is 0 Å². The predicted octanol–water partition coefficient (Wildman–Crippen LogP) is 2.48. The Labute approximate surface area is 87.0 Å². The first kappa shape index (κ1) is 8.13. The third-order valence-corrected chi connectivity index (χ3v) is 2.65. The summed E-state index contributed by atoms with van der Waals surface area (Å²) < 4.78 is 0. The van der Waals surface area contributed by atoms with Crippen molar-refractivity contribution < 1.29 is 0 Å². The summed E-state index contributed by atoms with van der Waals surface area (Å²) in [6.45, 7) is 0.852. The van der Waals surface area contributed by atoms with Crippen molar-refractivity contribution in [3.8, 4) is 6.07 Å². The summed E-state index contributed by atoms with van der Waals surface area (Å²) in [6.07, 6.45) is 4.17. The van der Waals surface area contributed by atoms with Gasteiger partial charge in [0, 0.05) is 23.0 Å². The number of nitriles is 1. The zero-order valence-electron chi connectivity index (χ0n) is 8.04. The molecule has 2 heterocycles. The smallest absolute Gasteiger partial charge is 0.111 e. The van der Waals surface area contributed by atoms with E-state index in [4.69, 9.17) is 5.26 Å². The maximum atomic E-state index is 8.84. The Kier molecular flexibility index (Phi) is 1.57. The number of fused-ring (bicyclic) bond motifs is 3. The lowest BCUT2D eigenvalue weighted by molar-refractivity contribution is 1.26. The van der Waals surface area contributed by atoms with Gasteiger partial charge < -0.3 is 10.3 Å². The lowest BCUT2D eigenvalue weighted by Gasteiger charge is -2.06. The highest BCUT2D eigenvalue weighted by Crippen LogP contribution is 2.29. The summed E-state index contributed by atoms with van der Waals surface area (Å²) in [5.41, 5.74) is 2.91. The summed E-state index contributed by atoms with van der Waals surface area (Å²) in [7, 11) is 0. The van der Waals surface area contributed by atoms with Gasteiger partial charge in [-0.05, 0) is 18.2 Å². The lowest BCUT2D eigenvalue weighted by atomic mass is 10.1. The first-order valence-corrected chi connectivity index (χ1v) is 4.85. The Morgan fingerprint density at radius 3 is 3.13 bits per heavy atom. The predicted molar refractivity (Wildman–Crippen MR) is 60.5 cm³/mol. The molecule has 0 fully saturated rings. The van der Waals surface area contributed by atoms with Crippen LogP contribution in [-0.2, 0) is 0 Å². The normalized spacial score (nSPS) is 13.3. The van der Waals surface area contributed by atoms with Crippen LogP contribution >= 0.6 is 0 Å². The highest BCUT2D eigenvalue weighted by Gasteiger charge is 2.11. The van der Waals surface area contributed by atoms with Gasteiger partial charge in [0.2, 0.25) is 0 Å². The maximum absolute atomic E-state index is 8.84. The number of hydrogen-bond acceptors (Lipinski definition) is 2. The monoisotopic (exact) mass is 195 g/mol. The van der Waals surface area contributed by atoms with Crippen molar-refractivity contribution in [2.45, 2.75) is 0 Å². The molecule has 2 aromatic rings. The molecule has 3 rings (SSSR count). The molecular weight excluding hydrogens is 186 g/mol. The SMILES string of the molecule is N#Cc1ccc2[nH]c3c(c2c1)C=CCN3. The first-order valence-electron chi connectivity index (χ1n) is 4.85. The van der Waals surface area contributed by atoms with Gasteiger partial charge >= 0.3 is 0 Å². The molecular formula is C12H9N3. The van der Waals surface area contributed by atoms with Crippen LogP contribution in [0.25, 0.3) is 17.0 Å². The van der Waals surface area contributed by atoms with E-state index in [0.717, 1.165) is 28.8 Å². The van der Waals surface area contributed by atoms with Crippen LogP contribution in [0.4, 0.5) is 5.82 Å². The Hall–Kier alpha value is -2.21. The van der Waals surface area contributed by atoms with Crippen molar-refractivity contribution >= 4 is 22.8 Å². The molecule has 1 aromatic carbocycles. The Bertz CT molecular complexity index is 599. The summed E-state index contributed by atoms with van der Waals surface area (Å²) in [5.74, 6) is 1.04. The van der Waals surface area contributed by atoms with Crippen LogP contribution in [0, 0.1) is 11.3 Å². The van der Waals surface area contributed by atoms with E-state index >= 15 is 0 Å². The average molecular weight is 195 g/mol. The van der Waals surface area contributed by atoms with Gasteiger partial charge in [-0.2, -0.15) is 5.26 Å². The van der Waals surface area contributed by atoms with Crippen molar-refractivity contribution in [2.24, 2.45) is 0 Å². The van der Waals surface area contributed by atoms with Gasteiger partial charge in [-0.3, -0.25) is 0 Å². The third kappa shape index (κ3) is 1.12. The van der Waals surface area contributed by atoms with Crippen molar-refractivity contribution in [3.63, 3.8) is 0 Å². The van der Waals surface area contributed by atoms with Crippen LogP contribution in [0.2, 0.25) is 0 Å². The molecule has 1 aromatic heterocycles. The van der Waals surface area contributed by atoms with Gasteiger partial charge in [-0.25, -0.2) is 0 Å². The van der Waals surface area contributed by atoms with Crippen LogP contribution in [0.1, 0.15) is 11.1 Å². The minimum Gasteiger partial charge on any atom is -0.368 e. The summed E-state index contributed by atoms with van der Waals surface area (Å²) in [6, 6.07) is 7.85. The van der Waals surface area contributed by atoms with E-state index < -0.39 is 0 Å². The van der Waals surface area contributed by atoms with Crippen LogP contribution in [-0.4, -0.2) is 11.5 Å². The van der Waals surface area contributed by atoms with Crippen molar-refractivity contribution in [1.82, 2.24) is 4.98 Å². The topological polar surface area (TPSA) is 51.6 Å². The summed E-state index contributed by atoms with van der Waals surface area (Å²) in [4.78, 5) is 3.30. The molecule has 0 saturated heterocycles. The molecule has 0 aliphatic carbocycles. The Morgan fingerprint density at radius 1 is 1.33 bits per heavy atom. The molecule has 1 aliphatic rings. The van der Waals surface area contributed by atoms with Gasteiger partial charge in [0.05, 0.1) is 11.6 Å². The van der Waals surface area contributed by atoms with E-state index in [1.54, 1.807) is 0 Å². The molecule has 0 bridgehead atoms. The molecule has 0 amide bonds. The fraction of sp³-hybridized carbons (Fsp3) is 0.0833. The van der Waals surface area contributed by atoms with E-state index in [2.05, 4.69) is 28.5 Å². The van der Waals surface area contributed by atoms with Crippen molar-refractivity contribution in [3.05, 3.63) is 35.4 Å². The number of nitrogens with zero attached hydrogens (tertiary/aromatic N) is 1. The van der Waals surface area contributed by atoms with Crippen molar-refractivity contribution in [1.29, 1.82) is 5.26 Å². The van der Waals surface area contributed by atoms with Gasteiger partial charge in [-0.1, -0.05) is 12.2 Å². The number of hydrogen-bond donors (Lipinski definition) is 2. The van der Waals surface area contributed by atoms with E-state index in [0.29, 0.717) is 5.56 Å². The molecule has 0 unspecified atom stereocenters. The Morgan fingerprint density at radius 2 is 2.27 bits per heavy atom. The van der Waals surface area contributed by atoms with E-state index in [-0.39, 0.29) is 0 Å². The zero-order valence-corrected chi connectivity index (χ0v) is 8.04. The number of aromatic nitrogens is 1. The summed E-state index contributed by atoms with van der Waals surface area (Å²) >= 11 is 0. The summed E-state index contributed by atoms with van der Waals surface area (Å²) in [5, 5.41) is 13.2. The molecule has 3 heteroatoms. The highest BCUT2D eigenvalue weighted by atomic mass is 15.0. The fourth-order valence-corrected chi connectivity index (χ4v) is 1.93. The lowest BCUT2D eigenvalue weighted by Crippen LogP contribution is -2.02. The minimum absolute atomic E-state index is 0.697. The molecule has 2 N–H and O–H groups in total. The molecule has 0 atom stereocenters. The second-order valence-electron chi connectivity index (χ2n) is 3.57. The van der Waals surface area contributed by atoms with E-state index in [9.17, 15) is 0 Å². The minimum atomic E-state index is 0.697. The zero-order chi connectivity index (χ0) is 10.3. The number of aromatic amines is 1. The van der Waals surface area contributed by atoms with Crippen LogP contribution in [0.5, 0.6) is 0 Å². The van der Waals surface area contributed by atoms with Gasteiger partial charge in [0.1, 0.15) is 5.82 Å². The number of H-pyrrole nitrogens is 1. The highest BCUT2D eigenvalue weighted by molar-refractivity contribution is 5.96. The van der Waals surface area contributed by atoms with Gasteiger partial charge in [0.15, 0.2) is 0 Å². The second-order valence-corrected chi connectivity index (χ2v) is 3.57. The second kappa shape index (κ2) is 2.89. The van der Waals surface area contributed by atoms with E-state index in [1.165, 1.54) is 0 Å². The molecule has 0 spiro atoms. The fourth-order valence-electron chi connectivity index (χ4n) is 1.93. The quantitative estimate of drug-likeness (QED) is 0.678. The molecule has 1 aliphatic heterocycles. The maximum Gasteiger partial charge on any atom is 0.111 e. The molecule has 0 radical (unpaired) electrons. The number of anilines is 1. The number of nitrogens with one attached hydrogen (secondary N) is 2. The van der Waals surface area contributed by atoms with Crippen molar-refractivity contribution in [2.75, 3.05) is 11.9 Å². The number of rotatable bonds is 0. The average Bonchev–Trinajstić information content (AvgIpc) is 2.66. The largest absolute Gasteiger partial charge is 0.368 e. The number of benzene rings is 1. The van der Waals surface area contributed by atoms with Crippen LogP contribution in [0.3, 0.4) is 0 Å².